The fourth-order valence-electron chi connectivity index (χ4n) is 1.90. The maximum absolute atomic E-state index is 11.9. The number of aliphatic hydroxyl groups excluding tert-OH is 1. The summed E-state index contributed by atoms with van der Waals surface area (Å²) in [6, 6.07) is -0.346. The van der Waals surface area contributed by atoms with Crippen LogP contribution in [0.5, 0.6) is 0 Å². The number of hydrogen-bond acceptors (Lipinski definition) is 4. The molecule has 114 valence electrons. The molecular weight excluding hydrogens is 260 g/mol. The van der Waals surface area contributed by atoms with E-state index in [2.05, 4.69) is 15.7 Å². The molecule has 3 N–H and O–H groups in total. The number of rotatable bonds is 8. The molecule has 0 aliphatic rings. The van der Waals surface area contributed by atoms with E-state index in [1.807, 2.05) is 13.8 Å². The zero-order chi connectivity index (χ0) is 15.0. The first-order valence-electron chi connectivity index (χ1n) is 6.74. The van der Waals surface area contributed by atoms with Crippen molar-refractivity contribution in [2.24, 2.45) is 0 Å². The van der Waals surface area contributed by atoms with Gasteiger partial charge in [-0.15, -0.1) is 0 Å². The highest BCUT2D eigenvalue weighted by Gasteiger charge is 2.24. The quantitative estimate of drug-likeness (QED) is 0.669. The van der Waals surface area contributed by atoms with Gasteiger partial charge in [0, 0.05) is 13.3 Å². The van der Waals surface area contributed by atoms with Crippen molar-refractivity contribution in [3.8, 4) is 0 Å². The second kappa shape index (κ2) is 7.86. The van der Waals surface area contributed by atoms with Crippen LogP contribution >= 0.6 is 0 Å². The Bertz CT molecular complexity index is 422. The van der Waals surface area contributed by atoms with Gasteiger partial charge in [-0.2, -0.15) is 5.10 Å². The summed E-state index contributed by atoms with van der Waals surface area (Å²) in [5, 5.41) is 18.9. The van der Waals surface area contributed by atoms with Crippen molar-refractivity contribution in [2.45, 2.75) is 38.8 Å². The highest BCUT2D eigenvalue weighted by molar-refractivity contribution is 5.89. The van der Waals surface area contributed by atoms with E-state index in [-0.39, 0.29) is 12.6 Å². The molecule has 0 saturated heterocycles. The van der Waals surface area contributed by atoms with E-state index in [0.717, 1.165) is 6.42 Å². The third kappa shape index (κ3) is 5.18. The highest BCUT2D eigenvalue weighted by atomic mass is 16.5. The molecule has 2 amide bonds. The van der Waals surface area contributed by atoms with Gasteiger partial charge in [-0.1, -0.05) is 13.3 Å². The predicted molar refractivity (Wildman–Crippen MR) is 76.7 cm³/mol. The molecule has 0 aliphatic carbocycles. The largest absolute Gasteiger partial charge is 0.394 e. The molecule has 7 heteroatoms. The molecule has 1 aromatic heterocycles. The first kappa shape index (κ1) is 16.5. The Morgan fingerprint density at radius 3 is 2.95 bits per heavy atom. The lowest BCUT2D eigenvalue weighted by Gasteiger charge is -2.28. The normalized spacial score (nSPS) is 13.8. The Labute approximate surface area is 119 Å². The van der Waals surface area contributed by atoms with E-state index in [1.165, 1.54) is 0 Å². The zero-order valence-electron chi connectivity index (χ0n) is 12.3. The molecule has 0 aromatic carbocycles. The van der Waals surface area contributed by atoms with E-state index in [9.17, 15) is 9.90 Å². The third-order valence-electron chi connectivity index (χ3n) is 2.98. The van der Waals surface area contributed by atoms with Gasteiger partial charge in [-0.25, -0.2) is 4.79 Å². The molecule has 1 heterocycles. The summed E-state index contributed by atoms with van der Waals surface area (Å²) in [7, 11) is 1.62. The summed E-state index contributed by atoms with van der Waals surface area (Å²) >= 11 is 0. The first-order chi connectivity index (χ1) is 9.53. The number of aromatic nitrogens is 2. The zero-order valence-corrected chi connectivity index (χ0v) is 12.3. The predicted octanol–water partition coefficient (Wildman–Crippen LogP) is 1.20. The minimum absolute atomic E-state index is 0.0959. The molecule has 20 heavy (non-hydrogen) atoms. The Kier molecular flexibility index (Phi) is 6.47. The van der Waals surface area contributed by atoms with Gasteiger partial charge in [0.05, 0.1) is 37.2 Å². The number of aliphatic hydroxyl groups is 1. The fraction of sp³-hybridized carbons (Fsp3) is 0.692. The molecule has 0 unspecified atom stereocenters. The summed E-state index contributed by atoms with van der Waals surface area (Å²) < 4.78 is 6.65. The van der Waals surface area contributed by atoms with Crippen LogP contribution in [0.2, 0.25) is 0 Å². The summed E-state index contributed by atoms with van der Waals surface area (Å²) in [4.78, 5) is 11.9. The number of amides is 2. The molecular formula is C13H24N4O3. The molecule has 7 nitrogen and oxygen atoms in total. The SMILES string of the molecule is CCC[C@@](C)(CO)NC(=O)Nc1cnn(CCOC)c1. The van der Waals surface area contributed by atoms with E-state index >= 15 is 0 Å². The summed E-state index contributed by atoms with van der Waals surface area (Å²) in [6.07, 6.45) is 4.90. The van der Waals surface area contributed by atoms with Gasteiger partial charge in [0.15, 0.2) is 0 Å². The Balaban J connectivity index is 2.51. The molecule has 0 saturated carbocycles. The third-order valence-corrected chi connectivity index (χ3v) is 2.98. The second-order valence-electron chi connectivity index (χ2n) is 5.03. The Morgan fingerprint density at radius 1 is 1.60 bits per heavy atom. The van der Waals surface area contributed by atoms with Crippen molar-refractivity contribution in [3.63, 3.8) is 0 Å². The smallest absolute Gasteiger partial charge is 0.319 e. The van der Waals surface area contributed by atoms with Gasteiger partial charge >= 0.3 is 6.03 Å². The van der Waals surface area contributed by atoms with Crippen LogP contribution in [0, 0.1) is 0 Å². The molecule has 0 aliphatic heterocycles. The average Bonchev–Trinajstić information content (AvgIpc) is 2.83. The molecule has 1 aromatic rings. The van der Waals surface area contributed by atoms with Crippen LogP contribution in [0.15, 0.2) is 12.4 Å². The summed E-state index contributed by atoms with van der Waals surface area (Å²) in [6.45, 7) is 4.92. The molecule has 0 spiro atoms. The lowest BCUT2D eigenvalue weighted by Crippen LogP contribution is -2.50. The van der Waals surface area contributed by atoms with Crippen LogP contribution in [0.1, 0.15) is 26.7 Å². The van der Waals surface area contributed by atoms with Crippen LogP contribution in [-0.2, 0) is 11.3 Å². The van der Waals surface area contributed by atoms with Crippen LogP contribution in [-0.4, -0.2) is 46.8 Å². The van der Waals surface area contributed by atoms with E-state index in [0.29, 0.717) is 25.3 Å². The average molecular weight is 284 g/mol. The number of nitrogens with one attached hydrogen (secondary N) is 2. The summed E-state index contributed by atoms with van der Waals surface area (Å²) in [5.41, 5.74) is 0.000572. The van der Waals surface area contributed by atoms with Crippen molar-refractivity contribution in [1.82, 2.24) is 15.1 Å². The second-order valence-corrected chi connectivity index (χ2v) is 5.03. The van der Waals surface area contributed by atoms with Crippen molar-refractivity contribution < 1.29 is 14.6 Å². The number of hydrogen-bond donors (Lipinski definition) is 3. The van der Waals surface area contributed by atoms with Crippen molar-refractivity contribution >= 4 is 11.7 Å². The number of nitrogens with zero attached hydrogens (tertiary/aromatic N) is 2. The maximum Gasteiger partial charge on any atom is 0.319 e. The maximum atomic E-state index is 11.9. The van der Waals surface area contributed by atoms with Gasteiger partial charge in [-0.3, -0.25) is 4.68 Å². The van der Waals surface area contributed by atoms with E-state index in [4.69, 9.17) is 4.74 Å². The summed E-state index contributed by atoms with van der Waals surface area (Å²) in [5.74, 6) is 0. The van der Waals surface area contributed by atoms with Gasteiger partial charge in [-0.05, 0) is 13.3 Å². The van der Waals surface area contributed by atoms with Crippen molar-refractivity contribution in [1.29, 1.82) is 0 Å². The molecule has 1 rings (SSSR count). The van der Waals surface area contributed by atoms with Crippen molar-refractivity contribution in [2.75, 3.05) is 25.6 Å². The molecule has 1 atom stereocenters. The Morgan fingerprint density at radius 2 is 2.35 bits per heavy atom. The van der Waals surface area contributed by atoms with Gasteiger partial charge in [0.1, 0.15) is 0 Å². The topological polar surface area (TPSA) is 88.4 Å². The Hall–Kier alpha value is -1.60. The minimum atomic E-state index is -0.606. The number of carbonyl (C=O) groups is 1. The number of carbonyl (C=O) groups excluding carboxylic acids is 1. The van der Waals surface area contributed by atoms with Crippen LogP contribution in [0.3, 0.4) is 0 Å². The highest BCUT2D eigenvalue weighted by Crippen LogP contribution is 2.12. The number of urea groups is 1. The lowest BCUT2D eigenvalue weighted by atomic mass is 9.98. The number of ether oxygens (including phenoxy) is 1. The van der Waals surface area contributed by atoms with Crippen LogP contribution in [0.25, 0.3) is 0 Å². The monoisotopic (exact) mass is 284 g/mol. The number of methoxy groups -OCH3 is 1. The van der Waals surface area contributed by atoms with Crippen molar-refractivity contribution in [3.05, 3.63) is 12.4 Å². The first-order valence-corrected chi connectivity index (χ1v) is 6.74. The lowest BCUT2D eigenvalue weighted by molar-refractivity contribution is 0.167. The molecule has 0 bridgehead atoms. The molecule has 0 fully saturated rings. The standard InChI is InChI=1S/C13H24N4O3/c1-4-5-13(2,10-18)16-12(19)15-11-8-14-17(9-11)6-7-20-3/h8-9,18H,4-7,10H2,1-3H3,(H2,15,16,19)/t13-/m0/s1. The van der Waals surface area contributed by atoms with Gasteiger partial charge < -0.3 is 20.5 Å². The van der Waals surface area contributed by atoms with Crippen LogP contribution < -0.4 is 10.6 Å². The minimum Gasteiger partial charge on any atom is -0.394 e. The van der Waals surface area contributed by atoms with E-state index in [1.54, 1.807) is 24.2 Å². The van der Waals surface area contributed by atoms with E-state index < -0.39 is 5.54 Å². The van der Waals surface area contributed by atoms with Gasteiger partial charge in [0.25, 0.3) is 0 Å². The van der Waals surface area contributed by atoms with Crippen LogP contribution in [0.4, 0.5) is 10.5 Å². The molecule has 0 radical (unpaired) electrons. The van der Waals surface area contributed by atoms with Gasteiger partial charge in [0.2, 0.25) is 0 Å². The number of anilines is 1. The fourth-order valence-corrected chi connectivity index (χ4v) is 1.90.